The molecule has 0 unspecified atom stereocenters. The first-order valence-corrected chi connectivity index (χ1v) is 9.33. The fraction of sp³-hybridized carbons (Fsp3) is 0.250. The van der Waals surface area contributed by atoms with E-state index in [1.165, 1.54) is 0 Å². The molecule has 0 aliphatic heterocycles. The van der Waals surface area contributed by atoms with Crippen molar-refractivity contribution in [2.24, 2.45) is 0 Å². The summed E-state index contributed by atoms with van der Waals surface area (Å²) in [6.07, 6.45) is 4.42. The number of aryl methyl sites for hydroxylation is 1. The van der Waals surface area contributed by atoms with Crippen molar-refractivity contribution in [3.63, 3.8) is 0 Å². The van der Waals surface area contributed by atoms with Crippen LogP contribution in [-0.2, 0) is 16.6 Å². The largest absolute Gasteiger partial charge is 0.330 e. The predicted octanol–water partition coefficient (Wildman–Crippen LogP) is 1.25. The zero-order valence-electron chi connectivity index (χ0n) is 13.4. The van der Waals surface area contributed by atoms with Crippen molar-refractivity contribution in [2.45, 2.75) is 13.5 Å². The summed E-state index contributed by atoms with van der Waals surface area (Å²) in [7, 11) is -3.25. The Bertz CT molecular complexity index is 1050. The molecule has 0 atom stereocenters. The summed E-state index contributed by atoms with van der Waals surface area (Å²) in [6.45, 7) is 2.55. The zero-order chi connectivity index (χ0) is 17.3. The third-order valence-electron chi connectivity index (χ3n) is 3.76. The smallest absolute Gasteiger partial charge is 0.259 e. The maximum atomic E-state index is 12.4. The van der Waals surface area contributed by atoms with Crippen LogP contribution in [0.3, 0.4) is 0 Å². The molecule has 0 bridgehead atoms. The number of benzene rings is 1. The molecule has 0 spiro atoms. The van der Waals surface area contributed by atoms with E-state index in [-0.39, 0.29) is 12.1 Å². The first-order valence-electron chi connectivity index (χ1n) is 7.44. The van der Waals surface area contributed by atoms with Crippen LogP contribution >= 0.6 is 0 Å². The number of hydrogen-bond acceptors (Lipinski definition) is 4. The number of H-pyrrole nitrogens is 1. The third kappa shape index (κ3) is 3.39. The lowest BCUT2D eigenvalue weighted by atomic mass is 10.1. The van der Waals surface area contributed by atoms with E-state index < -0.39 is 10.0 Å². The van der Waals surface area contributed by atoms with E-state index in [0.717, 1.165) is 22.7 Å². The van der Waals surface area contributed by atoms with E-state index in [1.54, 1.807) is 17.0 Å². The number of rotatable bonds is 5. The molecule has 0 aliphatic carbocycles. The molecule has 7 nitrogen and oxygen atoms in total. The molecule has 0 saturated carbocycles. The molecule has 0 saturated heterocycles. The highest BCUT2D eigenvalue weighted by atomic mass is 32.2. The number of nitrogens with one attached hydrogen (secondary N) is 2. The zero-order valence-corrected chi connectivity index (χ0v) is 14.2. The van der Waals surface area contributed by atoms with Gasteiger partial charge in [0.05, 0.1) is 17.3 Å². The molecule has 2 heterocycles. The molecule has 0 radical (unpaired) electrons. The van der Waals surface area contributed by atoms with E-state index in [0.29, 0.717) is 17.9 Å². The van der Waals surface area contributed by atoms with Gasteiger partial charge in [0, 0.05) is 25.5 Å². The van der Waals surface area contributed by atoms with Crippen molar-refractivity contribution in [2.75, 3.05) is 12.8 Å². The Morgan fingerprint density at radius 3 is 2.88 bits per heavy atom. The minimum absolute atomic E-state index is 0.222. The van der Waals surface area contributed by atoms with Crippen LogP contribution in [0.2, 0.25) is 0 Å². The fourth-order valence-electron chi connectivity index (χ4n) is 2.63. The van der Waals surface area contributed by atoms with E-state index in [1.807, 2.05) is 31.2 Å². The molecular formula is C16H18N4O3S. The topological polar surface area (TPSA) is 96.8 Å². The van der Waals surface area contributed by atoms with Crippen LogP contribution in [0.4, 0.5) is 0 Å². The lowest BCUT2D eigenvalue weighted by molar-refractivity contribution is 0.579. The highest BCUT2D eigenvalue weighted by Crippen LogP contribution is 2.20. The normalized spacial score (nSPS) is 11.9. The Labute approximate surface area is 139 Å². The number of fused-ring (bicyclic) bond motifs is 1. The van der Waals surface area contributed by atoms with Gasteiger partial charge in [-0.3, -0.25) is 4.79 Å². The molecule has 2 aromatic heterocycles. The van der Waals surface area contributed by atoms with Crippen LogP contribution in [0.25, 0.3) is 22.3 Å². The fourth-order valence-corrected chi connectivity index (χ4v) is 3.10. The minimum Gasteiger partial charge on any atom is -0.330 e. The number of hydrogen-bond donors (Lipinski definition) is 2. The maximum Gasteiger partial charge on any atom is 0.259 e. The van der Waals surface area contributed by atoms with Gasteiger partial charge in [-0.05, 0) is 23.9 Å². The predicted molar refractivity (Wildman–Crippen MR) is 93.4 cm³/mol. The van der Waals surface area contributed by atoms with Crippen LogP contribution in [0.15, 0.2) is 41.5 Å². The van der Waals surface area contributed by atoms with Crippen molar-refractivity contribution in [3.05, 3.63) is 52.6 Å². The van der Waals surface area contributed by atoms with E-state index in [2.05, 4.69) is 14.7 Å². The summed E-state index contributed by atoms with van der Waals surface area (Å²) in [5.74, 6) is 0.509. The van der Waals surface area contributed by atoms with Gasteiger partial charge in [0.25, 0.3) is 5.56 Å². The van der Waals surface area contributed by atoms with Gasteiger partial charge < -0.3 is 9.55 Å². The molecule has 126 valence electrons. The molecule has 8 heteroatoms. The average Bonchev–Trinajstić information content (AvgIpc) is 2.95. The lowest BCUT2D eigenvalue weighted by Gasteiger charge is -2.09. The van der Waals surface area contributed by atoms with Crippen LogP contribution in [0.1, 0.15) is 5.56 Å². The van der Waals surface area contributed by atoms with E-state index >= 15 is 0 Å². The molecule has 0 aliphatic rings. The van der Waals surface area contributed by atoms with Gasteiger partial charge in [-0.25, -0.2) is 18.1 Å². The highest BCUT2D eigenvalue weighted by Gasteiger charge is 2.12. The average molecular weight is 346 g/mol. The van der Waals surface area contributed by atoms with Crippen LogP contribution in [0.5, 0.6) is 0 Å². The van der Waals surface area contributed by atoms with Crippen LogP contribution in [0, 0.1) is 6.92 Å². The Balaban J connectivity index is 1.98. The van der Waals surface area contributed by atoms with Crippen molar-refractivity contribution in [1.82, 2.24) is 19.3 Å². The Morgan fingerprint density at radius 2 is 2.12 bits per heavy atom. The SMILES string of the molecule is Cc1cccc2cc(-c3nccn3CCNS(C)(=O)=O)c(=O)[nH]c12. The number of para-hydroxylation sites is 1. The second kappa shape index (κ2) is 6.21. The Morgan fingerprint density at radius 1 is 1.33 bits per heavy atom. The van der Waals surface area contributed by atoms with E-state index in [4.69, 9.17) is 0 Å². The van der Waals surface area contributed by atoms with Crippen LogP contribution < -0.4 is 10.3 Å². The van der Waals surface area contributed by atoms with Gasteiger partial charge in [0.15, 0.2) is 0 Å². The molecule has 2 N–H and O–H groups in total. The molecule has 1 aromatic carbocycles. The molecule has 24 heavy (non-hydrogen) atoms. The number of aromatic amines is 1. The van der Waals surface area contributed by atoms with Gasteiger partial charge in [0.1, 0.15) is 5.82 Å². The second-order valence-electron chi connectivity index (χ2n) is 5.66. The first kappa shape index (κ1) is 16.4. The van der Waals surface area contributed by atoms with Crippen molar-refractivity contribution in [3.8, 4) is 11.4 Å². The Hall–Kier alpha value is -2.45. The monoisotopic (exact) mass is 346 g/mol. The molecular weight excluding hydrogens is 328 g/mol. The summed E-state index contributed by atoms with van der Waals surface area (Å²) < 4.78 is 26.5. The first-order chi connectivity index (χ1) is 11.3. The number of imidazole rings is 1. The minimum atomic E-state index is -3.25. The quantitative estimate of drug-likeness (QED) is 0.726. The third-order valence-corrected chi connectivity index (χ3v) is 4.49. The van der Waals surface area contributed by atoms with Crippen molar-refractivity contribution >= 4 is 20.9 Å². The summed E-state index contributed by atoms with van der Waals surface area (Å²) in [6, 6.07) is 7.61. The van der Waals surface area contributed by atoms with Gasteiger partial charge >= 0.3 is 0 Å². The standard InChI is InChI=1S/C16H18N4O3S/c1-11-4-3-5-12-10-13(16(21)19-14(11)12)15-17-6-8-20(15)9-7-18-24(2,22)23/h3-6,8,10,18H,7,9H2,1-2H3,(H,19,21). The van der Waals surface area contributed by atoms with Gasteiger partial charge in [-0.2, -0.15) is 0 Å². The summed E-state index contributed by atoms with van der Waals surface area (Å²) in [5.41, 5.74) is 2.04. The summed E-state index contributed by atoms with van der Waals surface area (Å²) in [4.78, 5) is 19.6. The molecule has 0 fully saturated rings. The lowest BCUT2D eigenvalue weighted by Crippen LogP contribution is -2.26. The number of aromatic nitrogens is 3. The molecule has 0 amide bonds. The summed E-state index contributed by atoms with van der Waals surface area (Å²) >= 11 is 0. The number of pyridine rings is 1. The number of sulfonamides is 1. The van der Waals surface area contributed by atoms with Gasteiger partial charge in [-0.15, -0.1) is 0 Å². The van der Waals surface area contributed by atoms with Crippen LogP contribution in [-0.4, -0.2) is 35.8 Å². The second-order valence-corrected chi connectivity index (χ2v) is 7.50. The van der Waals surface area contributed by atoms with E-state index in [9.17, 15) is 13.2 Å². The summed E-state index contributed by atoms with van der Waals surface area (Å²) in [5, 5.41) is 0.924. The van der Waals surface area contributed by atoms with Gasteiger partial charge in [-0.1, -0.05) is 18.2 Å². The van der Waals surface area contributed by atoms with Crippen molar-refractivity contribution < 1.29 is 8.42 Å². The Kier molecular flexibility index (Phi) is 4.25. The molecule has 3 aromatic rings. The maximum absolute atomic E-state index is 12.4. The van der Waals surface area contributed by atoms with Crippen molar-refractivity contribution in [1.29, 1.82) is 0 Å². The molecule has 3 rings (SSSR count). The number of nitrogens with zero attached hydrogens (tertiary/aromatic N) is 2. The highest BCUT2D eigenvalue weighted by molar-refractivity contribution is 7.88. The van der Waals surface area contributed by atoms with Gasteiger partial charge in [0.2, 0.25) is 10.0 Å².